The van der Waals surface area contributed by atoms with Crippen LogP contribution in [0.15, 0.2) is 66.7 Å². The van der Waals surface area contributed by atoms with Crippen LogP contribution >= 0.6 is 0 Å². The summed E-state index contributed by atoms with van der Waals surface area (Å²) >= 11 is 0. The Morgan fingerprint density at radius 3 is 2.10 bits per heavy atom. The molecule has 1 atom stereocenters. The number of hydrogen-bond acceptors (Lipinski definition) is 3. The number of ether oxygens (including phenoxy) is 2. The number of fused-ring (bicyclic) bond motifs is 1. The Hall–Kier alpha value is -3.27. The molecule has 0 saturated carbocycles. The van der Waals surface area contributed by atoms with Crippen LogP contribution < -0.4 is 14.8 Å². The van der Waals surface area contributed by atoms with Gasteiger partial charge in [-0.05, 0) is 52.8 Å². The van der Waals surface area contributed by atoms with Gasteiger partial charge in [0, 0.05) is 24.3 Å². The topological polar surface area (TPSA) is 47.6 Å². The van der Waals surface area contributed by atoms with Crippen molar-refractivity contribution in [3.05, 3.63) is 94.5 Å². The van der Waals surface area contributed by atoms with Crippen molar-refractivity contribution in [3.63, 3.8) is 0 Å². The van der Waals surface area contributed by atoms with Crippen molar-refractivity contribution in [2.45, 2.75) is 24.7 Å². The molecule has 3 aliphatic rings. The van der Waals surface area contributed by atoms with Gasteiger partial charge in [0.05, 0.1) is 14.2 Å². The molecule has 3 aliphatic carbocycles. The molecule has 4 heteroatoms. The zero-order chi connectivity index (χ0) is 21.4. The van der Waals surface area contributed by atoms with Crippen LogP contribution in [0.1, 0.15) is 46.1 Å². The van der Waals surface area contributed by atoms with Gasteiger partial charge in [0.25, 0.3) is 0 Å². The van der Waals surface area contributed by atoms with E-state index in [1.54, 1.807) is 14.2 Å². The van der Waals surface area contributed by atoms with Crippen molar-refractivity contribution in [3.8, 4) is 11.5 Å². The fraction of sp³-hybridized carbons (Fsp3) is 0.296. The first kappa shape index (κ1) is 19.7. The predicted octanol–water partition coefficient (Wildman–Crippen LogP) is 4.66. The molecule has 2 bridgehead atoms. The van der Waals surface area contributed by atoms with E-state index in [1.165, 1.54) is 22.3 Å². The zero-order valence-electron chi connectivity index (χ0n) is 17.9. The second-order valence-corrected chi connectivity index (χ2v) is 8.36. The van der Waals surface area contributed by atoms with Crippen LogP contribution in [0.4, 0.5) is 0 Å². The number of amides is 1. The third kappa shape index (κ3) is 3.36. The summed E-state index contributed by atoms with van der Waals surface area (Å²) in [5.41, 5.74) is 6.52. The van der Waals surface area contributed by atoms with E-state index in [0.29, 0.717) is 24.0 Å². The van der Waals surface area contributed by atoms with Gasteiger partial charge in [0.15, 0.2) is 11.5 Å². The largest absolute Gasteiger partial charge is 0.493 e. The van der Waals surface area contributed by atoms with Crippen LogP contribution in [0.5, 0.6) is 11.5 Å². The SMILES string of the molecule is COc1ccc(CCNC(=O)C2CC3c4ccccc4C2c2ccccc23)cc1OC. The number of carbonyl (C=O) groups excluding carboxylic acids is 1. The molecule has 1 unspecified atom stereocenters. The first-order chi connectivity index (χ1) is 15.2. The highest BCUT2D eigenvalue weighted by molar-refractivity contribution is 5.82. The molecule has 0 heterocycles. The average molecular weight is 414 g/mol. The van der Waals surface area contributed by atoms with Crippen molar-refractivity contribution in [2.24, 2.45) is 5.92 Å². The fourth-order valence-corrected chi connectivity index (χ4v) is 5.39. The van der Waals surface area contributed by atoms with Gasteiger partial charge in [-0.3, -0.25) is 4.79 Å². The smallest absolute Gasteiger partial charge is 0.224 e. The third-order valence-corrected chi connectivity index (χ3v) is 6.80. The fourth-order valence-electron chi connectivity index (χ4n) is 5.39. The summed E-state index contributed by atoms with van der Waals surface area (Å²) in [5.74, 6) is 1.99. The molecule has 3 aromatic carbocycles. The minimum absolute atomic E-state index is 0.0276. The van der Waals surface area contributed by atoms with Crippen LogP contribution in [0.2, 0.25) is 0 Å². The molecule has 0 spiro atoms. The van der Waals surface area contributed by atoms with E-state index < -0.39 is 0 Å². The van der Waals surface area contributed by atoms with Crippen molar-refractivity contribution >= 4 is 5.91 Å². The van der Waals surface area contributed by atoms with E-state index in [9.17, 15) is 4.79 Å². The van der Waals surface area contributed by atoms with Crippen LogP contribution in [-0.2, 0) is 11.2 Å². The molecule has 0 saturated heterocycles. The van der Waals surface area contributed by atoms with Gasteiger partial charge >= 0.3 is 0 Å². The van der Waals surface area contributed by atoms with E-state index in [2.05, 4.69) is 53.8 Å². The number of methoxy groups -OCH3 is 2. The van der Waals surface area contributed by atoms with Gasteiger partial charge in [0.2, 0.25) is 5.91 Å². The maximum Gasteiger partial charge on any atom is 0.224 e. The van der Waals surface area contributed by atoms with E-state index in [0.717, 1.165) is 18.4 Å². The predicted molar refractivity (Wildman–Crippen MR) is 121 cm³/mol. The summed E-state index contributed by atoms with van der Waals surface area (Å²) in [6.07, 6.45) is 1.63. The summed E-state index contributed by atoms with van der Waals surface area (Å²) in [6.45, 7) is 0.603. The molecule has 0 radical (unpaired) electrons. The van der Waals surface area contributed by atoms with Crippen LogP contribution in [0.25, 0.3) is 0 Å². The van der Waals surface area contributed by atoms with Crippen LogP contribution in [0, 0.1) is 5.92 Å². The Balaban J connectivity index is 1.32. The molecular weight excluding hydrogens is 386 g/mol. The van der Waals surface area contributed by atoms with Crippen molar-refractivity contribution in [1.29, 1.82) is 0 Å². The highest BCUT2D eigenvalue weighted by Crippen LogP contribution is 2.55. The maximum absolute atomic E-state index is 13.3. The van der Waals surface area contributed by atoms with Crippen LogP contribution in [-0.4, -0.2) is 26.7 Å². The molecule has 1 amide bonds. The van der Waals surface area contributed by atoms with Crippen molar-refractivity contribution < 1.29 is 14.3 Å². The molecule has 3 aromatic rings. The standard InChI is InChI=1S/C27H27NO3/c1-30-24-12-11-17(15-25(24)31-2)13-14-28-27(29)23-16-22-18-7-3-5-9-20(18)26(23)21-10-6-4-8-19(21)22/h3-12,15,22-23,26H,13-14,16H2,1-2H3,(H,28,29). The molecule has 158 valence electrons. The lowest BCUT2D eigenvalue weighted by molar-refractivity contribution is -0.126. The lowest BCUT2D eigenvalue weighted by Gasteiger charge is -2.44. The van der Waals surface area contributed by atoms with Gasteiger partial charge < -0.3 is 14.8 Å². The number of rotatable bonds is 6. The molecule has 6 rings (SSSR count). The number of benzene rings is 3. The lowest BCUT2D eigenvalue weighted by Crippen LogP contribution is -2.42. The van der Waals surface area contributed by atoms with E-state index in [-0.39, 0.29) is 17.7 Å². The van der Waals surface area contributed by atoms with Crippen LogP contribution in [0.3, 0.4) is 0 Å². The normalized spacial score (nSPS) is 20.5. The van der Waals surface area contributed by atoms with E-state index in [4.69, 9.17) is 9.47 Å². The maximum atomic E-state index is 13.3. The van der Waals surface area contributed by atoms with Crippen molar-refractivity contribution in [2.75, 3.05) is 20.8 Å². The molecular formula is C27H27NO3. The van der Waals surface area contributed by atoms with Gasteiger partial charge in [-0.2, -0.15) is 0 Å². The Morgan fingerprint density at radius 2 is 1.48 bits per heavy atom. The summed E-state index contributed by atoms with van der Waals surface area (Å²) in [6, 6.07) is 23.2. The second kappa shape index (κ2) is 8.10. The Morgan fingerprint density at radius 1 is 0.871 bits per heavy atom. The highest BCUT2D eigenvalue weighted by Gasteiger charge is 2.45. The molecule has 31 heavy (non-hydrogen) atoms. The lowest BCUT2D eigenvalue weighted by atomic mass is 9.59. The second-order valence-electron chi connectivity index (χ2n) is 8.36. The highest BCUT2D eigenvalue weighted by atomic mass is 16.5. The van der Waals surface area contributed by atoms with Gasteiger partial charge in [0.1, 0.15) is 0 Å². The molecule has 0 fully saturated rings. The number of nitrogens with one attached hydrogen (secondary N) is 1. The zero-order valence-corrected chi connectivity index (χ0v) is 17.9. The Kier molecular flexibility index (Phi) is 5.14. The van der Waals surface area contributed by atoms with Crippen molar-refractivity contribution in [1.82, 2.24) is 5.32 Å². The summed E-state index contributed by atoms with van der Waals surface area (Å²) < 4.78 is 10.7. The summed E-state index contributed by atoms with van der Waals surface area (Å²) in [7, 11) is 3.27. The molecule has 1 N–H and O–H groups in total. The molecule has 4 nitrogen and oxygen atoms in total. The monoisotopic (exact) mass is 413 g/mol. The Labute approximate surface area is 183 Å². The van der Waals surface area contributed by atoms with Gasteiger partial charge in [-0.1, -0.05) is 54.6 Å². The Bertz CT molecular complexity index is 1080. The molecule has 0 aromatic heterocycles. The average Bonchev–Trinajstić information content (AvgIpc) is 2.83. The molecule has 0 aliphatic heterocycles. The minimum Gasteiger partial charge on any atom is -0.493 e. The summed E-state index contributed by atoms with van der Waals surface area (Å²) in [5, 5.41) is 3.20. The minimum atomic E-state index is -0.0276. The number of hydrogen-bond donors (Lipinski definition) is 1. The van der Waals surface area contributed by atoms with E-state index >= 15 is 0 Å². The first-order valence-corrected chi connectivity index (χ1v) is 10.9. The van der Waals surface area contributed by atoms with E-state index in [1.807, 2.05) is 18.2 Å². The quantitative estimate of drug-likeness (QED) is 0.639. The first-order valence-electron chi connectivity index (χ1n) is 10.9. The third-order valence-electron chi connectivity index (χ3n) is 6.80. The van der Waals surface area contributed by atoms with Gasteiger partial charge in [-0.25, -0.2) is 0 Å². The number of carbonyl (C=O) groups is 1. The summed E-state index contributed by atoms with van der Waals surface area (Å²) in [4.78, 5) is 13.3. The van der Waals surface area contributed by atoms with Gasteiger partial charge in [-0.15, -0.1) is 0 Å².